The second-order valence-electron chi connectivity index (χ2n) is 6.48. The summed E-state index contributed by atoms with van der Waals surface area (Å²) >= 11 is 5.35. The topological polar surface area (TPSA) is 67.2 Å². The second kappa shape index (κ2) is 9.19. The van der Waals surface area contributed by atoms with Gasteiger partial charge < -0.3 is 10.1 Å². The van der Waals surface area contributed by atoms with E-state index in [9.17, 15) is 0 Å². The van der Waals surface area contributed by atoms with Crippen LogP contribution in [0.2, 0.25) is 0 Å². The van der Waals surface area contributed by atoms with Gasteiger partial charge in [0.15, 0.2) is 5.82 Å². The van der Waals surface area contributed by atoms with Crippen LogP contribution in [-0.2, 0) is 0 Å². The summed E-state index contributed by atoms with van der Waals surface area (Å²) in [5.74, 6) is 1.45. The number of nitrogens with zero attached hydrogens (tertiary/aromatic N) is 3. The molecule has 2 N–H and O–H groups in total. The minimum Gasteiger partial charge on any atom is -0.494 e. The zero-order valence-corrected chi connectivity index (χ0v) is 17.3. The number of H-pyrrole nitrogens is 1. The Kier molecular flexibility index (Phi) is 6.01. The summed E-state index contributed by atoms with van der Waals surface area (Å²) in [7, 11) is 0. The van der Waals surface area contributed by atoms with Crippen molar-refractivity contribution in [1.82, 2.24) is 14.9 Å². The minimum atomic E-state index is 0.428. The zero-order chi connectivity index (χ0) is 20.8. The Morgan fingerprint density at radius 1 is 1.00 bits per heavy atom. The Morgan fingerprint density at radius 2 is 1.70 bits per heavy atom. The molecule has 4 rings (SSSR count). The van der Waals surface area contributed by atoms with E-state index in [0.29, 0.717) is 17.2 Å². The van der Waals surface area contributed by atoms with Gasteiger partial charge in [-0.25, -0.2) is 5.10 Å². The molecule has 6 nitrogen and oxygen atoms in total. The Balaban J connectivity index is 1.51. The summed E-state index contributed by atoms with van der Waals surface area (Å²) in [4.78, 5) is 0. The lowest BCUT2D eigenvalue weighted by Gasteiger charge is -2.06. The first-order chi connectivity index (χ1) is 14.7. The van der Waals surface area contributed by atoms with Gasteiger partial charge in [-0.1, -0.05) is 30.3 Å². The fourth-order valence-corrected chi connectivity index (χ4v) is 3.10. The highest BCUT2D eigenvalue weighted by atomic mass is 32.1. The van der Waals surface area contributed by atoms with E-state index in [2.05, 4.69) is 20.6 Å². The molecular formula is C23H21N5OS. The SMILES string of the molecule is CCOc1ccc(-c2n[nH]c(=S)n2/N=C\c2ccc(Nc3ccccc3)cc2)cc1. The van der Waals surface area contributed by atoms with E-state index in [1.54, 1.807) is 10.9 Å². The van der Waals surface area contributed by atoms with Crippen LogP contribution in [0.25, 0.3) is 11.4 Å². The summed E-state index contributed by atoms with van der Waals surface area (Å²) in [6.45, 7) is 2.58. The van der Waals surface area contributed by atoms with E-state index >= 15 is 0 Å². The minimum absolute atomic E-state index is 0.428. The first-order valence-corrected chi connectivity index (χ1v) is 10.0. The molecule has 0 aliphatic heterocycles. The van der Waals surface area contributed by atoms with Crippen molar-refractivity contribution in [3.05, 3.63) is 89.2 Å². The number of hydrogen-bond donors (Lipinski definition) is 2. The first kappa shape index (κ1) is 19.6. The predicted molar refractivity (Wildman–Crippen MR) is 123 cm³/mol. The molecule has 150 valence electrons. The number of para-hydroxylation sites is 1. The molecule has 0 amide bonds. The van der Waals surface area contributed by atoms with Crippen molar-refractivity contribution in [2.75, 3.05) is 11.9 Å². The van der Waals surface area contributed by atoms with E-state index in [-0.39, 0.29) is 0 Å². The van der Waals surface area contributed by atoms with Gasteiger partial charge in [0.1, 0.15) is 5.75 Å². The lowest BCUT2D eigenvalue weighted by atomic mass is 10.2. The maximum atomic E-state index is 5.49. The summed E-state index contributed by atoms with van der Waals surface area (Å²) < 4.78 is 7.53. The summed E-state index contributed by atoms with van der Waals surface area (Å²) in [5, 5.41) is 15.0. The van der Waals surface area contributed by atoms with Crippen molar-refractivity contribution in [1.29, 1.82) is 0 Å². The monoisotopic (exact) mass is 415 g/mol. The normalized spacial score (nSPS) is 11.0. The van der Waals surface area contributed by atoms with Crippen molar-refractivity contribution < 1.29 is 4.74 Å². The van der Waals surface area contributed by atoms with Crippen molar-refractivity contribution in [2.24, 2.45) is 5.10 Å². The molecule has 0 unspecified atom stereocenters. The van der Waals surface area contributed by atoms with Gasteiger partial charge in [0.05, 0.1) is 12.8 Å². The number of nitrogens with one attached hydrogen (secondary N) is 2. The highest BCUT2D eigenvalue weighted by Crippen LogP contribution is 2.21. The summed E-state index contributed by atoms with van der Waals surface area (Å²) in [6.07, 6.45) is 1.76. The Bertz CT molecular complexity index is 1180. The molecule has 0 saturated carbocycles. The predicted octanol–water partition coefficient (Wildman–Crippen LogP) is 5.63. The van der Waals surface area contributed by atoms with Crippen LogP contribution < -0.4 is 10.1 Å². The molecule has 0 radical (unpaired) electrons. The first-order valence-electron chi connectivity index (χ1n) is 9.60. The number of aromatic amines is 1. The number of rotatable bonds is 7. The maximum absolute atomic E-state index is 5.49. The fraction of sp³-hybridized carbons (Fsp3) is 0.0870. The third kappa shape index (κ3) is 4.64. The quantitative estimate of drug-likeness (QED) is 0.303. The summed E-state index contributed by atoms with van der Waals surface area (Å²) in [5.41, 5.74) is 3.90. The molecule has 0 fully saturated rings. The third-order valence-corrected chi connectivity index (χ3v) is 4.63. The standard InChI is InChI=1S/C23H21N5OS/c1-2-29-21-14-10-18(11-15-21)22-26-27-23(30)28(22)24-16-17-8-12-20(13-9-17)25-19-6-4-3-5-7-19/h3-16,25H,2H2,1H3,(H,27,30)/b24-16-. The van der Waals surface area contributed by atoms with Gasteiger partial charge in [0.25, 0.3) is 0 Å². The van der Waals surface area contributed by atoms with E-state index < -0.39 is 0 Å². The van der Waals surface area contributed by atoms with E-state index in [1.807, 2.05) is 85.8 Å². The molecule has 30 heavy (non-hydrogen) atoms. The van der Waals surface area contributed by atoms with E-state index in [4.69, 9.17) is 17.0 Å². The lowest BCUT2D eigenvalue weighted by molar-refractivity contribution is 0.340. The van der Waals surface area contributed by atoms with Gasteiger partial charge in [-0.05, 0) is 73.2 Å². The third-order valence-electron chi connectivity index (χ3n) is 4.37. The van der Waals surface area contributed by atoms with Crippen molar-refractivity contribution >= 4 is 29.8 Å². The van der Waals surface area contributed by atoms with E-state index in [1.165, 1.54) is 0 Å². The molecular weight excluding hydrogens is 394 g/mol. The molecule has 0 aliphatic rings. The molecule has 0 atom stereocenters. The van der Waals surface area contributed by atoms with Crippen LogP contribution >= 0.6 is 12.2 Å². The molecule has 0 bridgehead atoms. The smallest absolute Gasteiger partial charge is 0.216 e. The van der Waals surface area contributed by atoms with Crippen molar-refractivity contribution in [3.63, 3.8) is 0 Å². The molecule has 1 heterocycles. The van der Waals surface area contributed by atoms with Crippen LogP contribution in [-0.4, -0.2) is 27.7 Å². The summed E-state index contributed by atoms with van der Waals surface area (Å²) in [6, 6.07) is 25.7. The molecule has 0 spiro atoms. The average molecular weight is 416 g/mol. The molecule has 0 saturated heterocycles. The largest absolute Gasteiger partial charge is 0.494 e. The van der Waals surface area contributed by atoms with Gasteiger partial charge in [-0.3, -0.25) is 0 Å². The van der Waals surface area contributed by atoms with Crippen LogP contribution in [0.15, 0.2) is 84.0 Å². The average Bonchev–Trinajstić information content (AvgIpc) is 3.15. The number of anilines is 2. The van der Waals surface area contributed by atoms with Crippen molar-refractivity contribution in [3.8, 4) is 17.1 Å². The number of aromatic nitrogens is 3. The van der Waals surface area contributed by atoms with Crippen LogP contribution in [0.3, 0.4) is 0 Å². The maximum Gasteiger partial charge on any atom is 0.216 e. The number of benzene rings is 3. The van der Waals surface area contributed by atoms with Crippen LogP contribution in [0.4, 0.5) is 11.4 Å². The second-order valence-corrected chi connectivity index (χ2v) is 6.87. The zero-order valence-electron chi connectivity index (χ0n) is 16.4. The van der Waals surface area contributed by atoms with E-state index in [0.717, 1.165) is 28.3 Å². The Morgan fingerprint density at radius 3 is 2.40 bits per heavy atom. The molecule has 3 aromatic carbocycles. The van der Waals surface area contributed by atoms with Crippen LogP contribution in [0.1, 0.15) is 12.5 Å². The highest BCUT2D eigenvalue weighted by Gasteiger charge is 2.08. The van der Waals surface area contributed by atoms with Gasteiger partial charge in [-0.15, -0.1) is 0 Å². The van der Waals surface area contributed by atoms with Gasteiger partial charge in [0.2, 0.25) is 4.77 Å². The van der Waals surface area contributed by atoms with Crippen LogP contribution in [0.5, 0.6) is 5.75 Å². The molecule has 0 aliphatic carbocycles. The van der Waals surface area contributed by atoms with Gasteiger partial charge in [-0.2, -0.15) is 14.9 Å². The Labute approximate surface area is 179 Å². The van der Waals surface area contributed by atoms with Crippen LogP contribution in [0, 0.1) is 4.77 Å². The Hall–Kier alpha value is -3.71. The van der Waals surface area contributed by atoms with Gasteiger partial charge in [0, 0.05) is 16.9 Å². The van der Waals surface area contributed by atoms with Crippen molar-refractivity contribution in [2.45, 2.75) is 6.92 Å². The lowest BCUT2D eigenvalue weighted by Crippen LogP contribution is -1.96. The number of hydrogen-bond acceptors (Lipinski definition) is 5. The number of ether oxygens (including phenoxy) is 1. The molecule has 1 aromatic heterocycles. The fourth-order valence-electron chi connectivity index (χ4n) is 2.92. The molecule has 4 aromatic rings. The highest BCUT2D eigenvalue weighted by molar-refractivity contribution is 7.71. The molecule has 7 heteroatoms. The van der Waals surface area contributed by atoms with Gasteiger partial charge >= 0.3 is 0 Å².